The number of alkyl halides is 3. The number of rotatable bonds is 9. The molecule has 14 heteroatoms. The van der Waals surface area contributed by atoms with Gasteiger partial charge in [0.1, 0.15) is 17.3 Å². The van der Waals surface area contributed by atoms with E-state index in [9.17, 15) is 18.0 Å². The highest BCUT2D eigenvalue weighted by molar-refractivity contribution is 6.04. The van der Waals surface area contributed by atoms with Crippen LogP contribution in [0.4, 0.5) is 19.0 Å². The summed E-state index contributed by atoms with van der Waals surface area (Å²) >= 11 is 0. The number of carbonyl (C=O) groups is 1. The summed E-state index contributed by atoms with van der Waals surface area (Å²) in [7, 11) is 3.06. The zero-order valence-corrected chi connectivity index (χ0v) is 22.5. The van der Waals surface area contributed by atoms with Gasteiger partial charge in [-0.2, -0.15) is 18.3 Å². The molecular weight excluding hydrogens is 557 g/mol. The highest BCUT2D eigenvalue weighted by Gasteiger charge is 2.35. The van der Waals surface area contributed by atoms with Gasteiger partial charge in [-0.15, -0.1) is 0 Å². The molecule has 216 valence electrons. The SMILES string of the molecule is CCOc1cn(-c2cnccc2C(F)(F)F)nc1C(=O)Nc1ccc(Oc2ccnc3cc(OC)c(OC)cc23)cn1. The normalized spacial score (nSPS) is 11.3. The smallest absolute Gasteiger partial charge is 0.418 e. The number of aromatic nitrogens is 5. The molecule has 11 nitrogen and oxygen atoms in total. The fourth-order valence-corrected chi connectivity index (χ4v) is 4.06. The van der Waals surface area contributed by atoms with Crippen LogP contribution in [0.5, 0.6) is 28.7 Å². The molecule has 4 heterocycles. The van der Waals surface area contributed by atoms with Crippen LogP contribution in [0, 0.1) is 0 Å². The molecule has 1 aromatic carbocycles. The molecule has 1 N–H and O–H groups in total. The van der Waals surface area contributed by atoms with E-state index in [1.807, 2.05) is 0 Å². The van der Waals surface area contributed by atoms with Crippen molar-refractivity contribution in [1.82, 2.24) is 24.7 Å². The molecule has 0 spiro atoms. The van der Waals surface area contributed by atoms with E-state index in [1.54, 1.807) is 37.4 Å². The van der Waals surface area contributed by atoms with Gasteiger partial charge >= 0.3 is 6.18 Å². The Balaban J connectivity index is 1.37. The molecule has 5 rings (SSSR count). The second kappa shape index (κ2) is 11.6. The van der Waals surface area contributed by atoms with E-state index in [4.69, 9.17) is 18.9 Å². The largest absolute Gasteiger partial charge is 0.493 e. The monoisotopic (exact) mass is 580 g/mol. The van der Waals surface area contributed by atoms with E-state index >= 15 is 0 Å². The molecule has 0 saturated heterocycles. The van der Waals surface area contributed by atoms with Crippen molar-refractivity contribution >= 4 is 22.6 Å². The molecule has 5 aromatic rings. The number of nitrogens with one attached hydrogen (secondary N) is 1. The molecule has 0 aliphatic rings. The van der Waals surface area contributed by atoms with Gasteiger partial charge in [0.2, 0.25) is 0 Å². The van der Waals surface area contributed by atoms with Gasteiger partial charge in [-0.1, -0.05) is 0 Å². The van der Waals surface area contributed by atoms with Crippen LogP contribution in [0.15, 0.2) is 67.4 Å². The van der Waals surface area contributed by atoms with E-state index in [2.05, 4.69) is 25.4 Å². The summed E-state index contributed by atoms with van der Waals surface area (Å²) in [6.45, 7) is 1.82. The number of hydrogen-bond donors (Lipinski definition) is 1. The lowest BCUT2D eigenvalue weighted by molar-refractivity contribution is -0.137. The minimum atomic E-state index is -4.66. The third-order valence-electron chi connectivity index (χ3n) is 5.96. The van der Waals surface area contributed by atoms with Crippen LogP contribution in [0.1, 0.15) is 23.0 Å². The fraction of sp³-hybridized carbons (Fsp3) is 0.179. The van der Waals surface area contributed by atoms with Crippen molar-refractivity contribution in [2.75, 3.05) is 26.1 Å². The first-order valence-corrected chi connectivity index (χ1v) is 12.4. The Labute approximate surface area is 236 Å². The number of fused-ring (bicyclic) bond motifs is 1. The quantitative estimate of drug-likeness (QED) is 0.234. The average molecular weight is 581 g/mol. The summed E-state index contributed by atoms with van der Waals surface area (Å²) in [6.07, 6.45) is 1.55. The predicted octanol–water partition coefficient (Wildman–Crippen LogP) is 5.69. The first-order valence-electron chi connectivity index (χ1n) is 12.4. The van der Waals surface area contributed by atoms with E-state index in [1.165, 1.54) is 32.7 Å². The average Bonchev–Trinajstić information content (AvgIpc) is 3.41. The van der Waals surface area contributed by atoms with Crippen LogP contribution < -0.4 is 24.3 Å². The van der Waals surface area contributed by atoms with Crippen molar-refractivity contribution in [3.05, 3.63) is 78.6 Å². The zero-order valence-electron chi connectivity index (χ0n) is 22.5. The zero-order chi connectivity index (χ0) is 29.9. The van der Waals surface area contributed by atoms with Gasteiger partial charge in [0.15, 0.2) is 22.9 Å². The van der Waals surface area contributed by atoms with E-state index in [0.717, 1.165) is 23.1 Å². The molecule has 0 radical (unpaired) electrons. The number of anilines is 1. The number of amides is 1. The van der Waals surface area contributed by atoms with E-state index < -0.39 is 17.6 Å². The molecule has 0 bridgehead atoms. The summed E-state index contributed by atoms with van der Waals surface area (Å²) < 4.78 is 63.7. The lowest BCUT2D eigenvalue weighted by Gasteiger charge is -2.12. The number of ether oxygens (including phenoxy) is 4. The van der Waals surface area contributed by atoms with Crippen LogP contribution in [-0.2, 0) is 6.18 Å². The van der Waals surface area contributed by atoms with E-state index in [0.29, 0.717) is 33.9 Å². The summed E-state index contributed by atoms with van der Waals surface area (Å²) in [5.41, 5.74) is -0.931. The number of hydrogen-bond acceptors (Lipinski definition) is 9. The van der Waals surface area contributed by atoms with Gasteiger partial charge in [0, 0.05) is 23.8 Å². The lowest BCUT2D eigenvalue weighted by atomic mass is 10.2. The predicted molar refractivity (Wildman–Crippen MR) is 145 cm³/mol. The van der Waals surface area contributed by atoms with Gasteiger partial charge in [-0.3, -0.25) is 14.8 Å². The molecule has 42 heavy (non-hydrogen) atoms. The van der Waals surface area contributed by atoms with Gasteiger partial charge in [0.05, 0.1) is 56.2 Å². The topological polar surface area (TPSA) is 123 Å². The highest BCUT2D eigenvalue weighted by atomic mass is 19.4. The summed E-state index contributed by atoms with van der Waals surface area (Å²) in [4.78, 5) is 25.4. The van der Waals surface area contributed by atoms with Crippen LogP contribution in [0.3, 0.4) is 0 Å². The van der Waals surface area contributed by atoms with Crippen molar-refractivity contribution in [2.45, 2.75) is 13.1 Å². The van der Waals surface area contributed by atoms with Crippen molar-refractivity contribution in [1.29, 1.82) is 0 Å². The van der Waals surface area contributed by atoms with Gasteiger partial charge in [-0.25, -0.2) is 9.67 Å². The van der Waals surface area contributed by atoms with Crippen LogP contribution in [0.2, 0.25) is 0 Å². The van der Waals surface area contributed by atoms with Crippen molar-refractivity contribution in [3.8, 4) is 34.4 Å². The molecule has 0 unspecified atom stereocenters. The molecule has 1 amide bonds. The maximum Gasteiger partial charge on any atom is 0.418 e. The summed E-state index contributed by atoms with van der Waals surface area (Å²) in [6, 6.07) is 9.07. The Hall–Kier alpha value is -5.40. The molecule has 0 atom stereocenters. The van der Waals surface area contributed by atoms with Crippen molar-refractivity contribution in [2.24, 2.45) is 0 Å². The first kappa shape index (κ1) is 28.1. The van der Waals surface area contributed by atoms with Gasteiger partial charge in [-0.05, 0) is 37.3 Å². The van der Waals surface area contributed by atoms with Crippen molar-refractivity contribution in [3.63, 3.8) is 0 Å². The Morgan fingerprint density at radius 2 is 1.74 bits per heavy atom. The second-order valence-corrected chi connectivity index (χ2v) is 8.58. The molecule has 0 saturated carbocycles. The standard InChI is InChI=1S/C28H23F3N6O5/c1-4-41-24-15-37(20-14-32-9-7-18(20)28(29,30)31)36-26(24)27(38)35-25-6-5-16(13-34-25)42-21-8-10-33-19-12-23(40-3)22(39-2)11-17(19)21/h5-15H,4H2,1-3H3,(H,34,35,38). The first-order chi connectivity index (χ1) is 20.2. The summed E-state index contributed by atoms with van der Waals surface area (Å²) in [5, 5.41) is 7.31. The number of methoxy groups -OCH3 is 2. The Morgan fingerprint density at radius 3 is 2.43 bits per heavy atom. The highest BCUT2D eigenvalue weighted by Crippen LogP contribution is 2.37. The molecule has 0 fully saturated rings. The number of benzene rings is 1. The van der Waals surface area contributed by atoms with Crippen LogP contribution >= 0.6 is 0 Å². The van der Waals surface area contributed by atoms with Crippen LogP contribution in [-0.4, -0.2) is 51.5 Å². The number of pyridine rings is 3. The molecule has 0 aliphatic heterocycles. The molecule has 0 aliphatic carbocycles. The lowest BCUT2D eigenvalue weighted by Crippen LogP contribution is -2.16. The Morgan fingerprint density at radius 1 is 0.952 bits per heavy atom. The molecule has 4 aromatic heterocycles. The third-order valence-corrected chi connectivity index (χ3v) is 5.96. The fourth-order valence-electron chi connectivity index (χ4n) is 4.06. The summed E-state index contributed by atoms with van der Waals surface area (Å²) in [5.74, 6) is 1.28. The minimum absolute atomic E-state index is 0.0106. The maximum absolute atomic E-state index is 13.5. The molecular formula is C28H23F3N6O5. The number of nitrogens with zero attached hydrogens (tertiary/aromatic N) is 5. The number of halogens is 3. The third kappa shape index (κ3) is 5.73. The maximum atomic E-state index is 13.5. The Bertz CT molecular complexity index is 1740. The van der Waals surface area contributed by atoms with Gasteiger partial charge in [0.25, 0.3) is 5.91 Å². The Kier molecular flexibility index (Phi) is 7.78. The van der Waals surface area contributed by atoms with Gasteiger partial charge < -0.3 is 24.3 Å². The minimum Gasteiger partial charge on any atom is -0.493 e. The van der Waals surface area contributed by atoms with Crippen molar-refractivity contribution < 1.29 is 36.9 Å². The van der Waals surface area contributed by atoms with Crippen LogP contribution in [0.25, 0.3) is 16.6 Å². The van der Waals surface area contributed by atoms with E-state index in [-0.39, 0.29) is 29.6 Å². The number of carbonyl (C=O) groups excluding carboxylic acids is 1. The second-order valence-electron chi connectivity index (χ2n) is 8.58.